The van der Waals surface area contributed by atoms with Gasteiger partial charge in [0.25, 0.3) is 5.91 Å². The van der Waals surface area contributed by atoms with E-state index in [1.807, 2.05) is 0 Å². The van der Waals surface area contributed by atoms with E-state index in [1.54, 1.807) is 17.2 Å². The van der Waals surface area contributed by atoms with Crippen LogP contribution in [0, 0.1) is 0 Å². The number of hydrogen-bond donors (Lipinski definition) is 2. The molecule has 0 bridgehead atoms. The monoisotopic (exact) mass is 249 g/mol. The van der Waals surface area contributed by atoms with Gasteiger partial charge in [0.1, 0.15) is 5.75 Å². The van der Waals surface area contributed by atoms with Crippen molar-refractivity contribution in [2.45, 2.75) is 12.8 Å². The summed E-state index contributed by atoms with van der Waals surface area (Å²) in [7, 11) is 0. The third-order valence-electron chi connectivity index (χ3n) is 3.03. The molecule has 0 aliphatic carbocycles. The maximum absolute atomic E-state index is 11.3. The number of carbonyl (C=O) groups is 1. The molecule has 1 amide bonds. The Morgan fingerprint density at radius 2 is 2.22 bits per heavy atom. The lowest BCUT2D eigenvalue weighted by molar-refractivity contribution is -0.118. The molecule has 0 saturated carbocycles. The minimum Gasteiger partial charge on any atom is -0.482 e. The molecule has 1 aromatic rings. The molecule has 2 aliphatic heterocycles. The molecule has 3 rings (SSSR count). The van der Waals surface area contributed by atoms with Crippen LogP contribution in [0.3, 0.4) is 0 Å². The second-order valence-corrected chi connectivity index (χ2v) is 4.39. The molecule has 18 heavy (non-hydrogen) atoms. The number of hydroxylamine groups is 1. The number of nitrogens with zero attached hydrogens (tertiary/aromatic N) is 1. The van der Waals surface area contributed by atoms with E-state index in [2.05, 4.69) is 5.32 Å². The number of anilines is 3. The van der Waals surface area contributed by atoms with Crippen molar-refractivity contribution < 1.29 is 14.4 Å². The lowest BCUT2D eigenvalue weighted by atomic mass is 10.2. The summed E-state index contributed by atoms with van der Waals surface area (Å²) in [6.07, 6.45) is 2.13. The summed E-state index contributed by atoms with van der Waals surface area (Å²) in [5.41, 5.74) is 8.01. The summed E-state index contributed by atoms with van der Waals surface area (Å²) in [6, 6.07) is 3.52. The first-order valence-corrected chi connectivity index (χ1v) is 6.00. The topological polar surface area (TPSA) is 76.8 Å². The Kier molecular flexibility index (Phi) is 2.71. The third-order valence-corrected chi connectivity index (χ3v) is 3.03. The molecule has 6 heteroatoms. The highest BCUT2D eigenvalue weighted by Gasteiger charge is 2.21. The van der Waals surface area contributed by atoms with Gasteiger partial charge in [-0.25, -0.2) is 0 Å². The van der Waals surface area contributed by atoms with Gasteiger partial charge in [-0.1, -0.05) is 0 Å². The Balaban J connectivity index is 1.94. The van der Waals surface area contributed by atoms with Crippen molar-refractivity contribution in [1.29, 1.82) is 0 Å². The highest BCUT2D eigenvalue weighted by atomic mass is 16.7. The SMILES string of the molecule is Nc1cc2c(cc1N1CCCCO1)NC(=O)CO2. The molecule has 2 heterocycles. The van der Waals surface area contributed by atoms with Gasteiger partial charge in [0.15, 0.2) is 6.61 Å². The van der Waals surface area contributed by atoms with Crippen molar-refractivity contribution in [2.75, 3.05) is 35.9 Å². The zero-order valence-corrected chi connectivity index (χ0v) is 9.94. The highest BCUT2D eigenvalue weighted by Crippen LogP contribution is 2.37. The molecule has 0 radical (unpaired) electrons. The average Bonchev–Trinajstić information content (AvgIpc) is 2.39. The van der Waals surface area contributed by atoms with Gasteiger partial charge in [-0.2, -0.15) is 0 Å². The first-order valence-electron chi connectivity index (χ1n) is 6.00. The fraction of sp³-hybridized carbons (Fsp3) is 0.417. The van der Waals surface area contributed by atoms with Crippen molar-refractivity contribution in [2.24, 2.45) is 0 Å². The number of carbonyl (C=O) groups excluding carboxylic acids is 1. The lowest BCUT2D eigenvalue weighted by Crippen LogP contribution is -2.31. The van der Waals surface area contributed by atoms with Gasteiger partial charge in [-0.3, -0.25) is 14.7 Å². The highest BCUT2D eigenvalue weighted by molar-refractivity contribution is 5.97. The second-order valence-electron chi connectivity index (χ2n) is 4.39. The zero-order valence-electron chi connectivity index (χ0n) is 9.94. The van der Waals surface area contributed by atoms with Gasteiger partial charge in [-0.05, 0) is 18.9 Å². The van der Waals surface area contributed by atoms with Crippen LogP contribution in [0.25, 0.3) is 0 Å². The van der Waals surface area contributed by atoms with Crippen molar-refractivity contribution in [3.05, 3.63) is 12.1 Å². The molecular weight excluding hydrogens is 234 g/mol. The molecule has 0 aromatic heterocycles. The second kappa shape index (κ2) is 4.38. The summed E-state index contributed by atoms with van der Waals surface area (Å²) >= 11 is 0. The quantitative estimate of drug-likeness (QED) is 0.730. The standard InChI is InChI=1S/C12H15N3O3/c13-8-5-11-9(14-12(16)7-17-11)6-10(8)15-3-1-2-4-18-15/h5-6H,1-4,7,13H2,(H,14,16). The van der Waals surface area contributed by atoms with Crippen molar-refractivity contribution in [3.8, 4) is 5.75 Å². The number of ether oxygens (including phenoxy) is 1. The predicted molar refractivity (Wildman–Crippen MR) is 67.5 cm³/mol. The summed E-state index contributed by atoms with van der Waals surface area (Å²) in [5.74, 6) is 0.450. The van der Waals surface area contributed by atoms with Crippen LogP contribution in [0.4, 0.5) is 17.1 Å². The molecular formula is C12H15N3O3. The van der Waals surface area contributed by atoms with Crippen LogP contribution in [0.1, 0.15) is 12.8 Å². The Bertz CT molecular complexity index is 484. The van der Waals surface area contributed by atoms with Crippen molar-refractivity contribution in [3.63, 3.8) is 0 Å². The first kappa shape index (κ1) is 11.2. The van der Waals surface area contributed by atoms with E-state index in [0.717, 1.165) is 25.1 Å². The first-order chi connectivity index (χ1) is 8.74. The van der Waals surface area contributed by atoms with Gasteiger partial charge in [0, 0.05) is 12.6 Å². The van der Waals surface area contributed by atoms with Crippen LogP contribution in [-0.4, -0.2) is 25.7 Å². The summed E-state index contributed by atoms with van der Waals surface area (Å²) in [5, 5.41) is 4.54. The van der Waals surface area contributed by atoms with Crippen LogP contribution >= 0.6 is 0 Å². The minimum atomic E-state index is -0.155. The molecule has 1 aromatic carbocycles. The van der Waals surface area contributed by atoms with Gasteiger partial charge in [0.2, 0.25) is 0 Å². The molecule has 6 nitrogen and oxygen atoms in total. The smallest absolute Gasteiger partial charge is 0.262 e. The number of amides is 1. The number of benzene rings is 1. The van der Waals surface area contributed by atoms with E-state index in [0.29, 0.717) is 23.7 Å². The molecule has 96 valence electrons. The average molecular weight is 249 g/mol. The molecule has 0 unspecified atom stereocenters. The Hall–Kier alpha value is -1.95. The summed E-state index contributed by atoms with van der Waals surface area (Å²) in [4.78, 5) is 16.8. The van der Waals surface area contributed by atoms with Crippen molar-refractivity contribution in [1.82, 2.24) is 0 Å². The number of nitrogens with two attached hydrogens (primary N) is 1. The van der Waals surface area contributed by atoms with E-state index in [-0.39, 0.29) is 12.5 Å². The van der Waals surface area contributed by atoms with Gasteiger partial charge < -0.3 is 15.8 Å². The Morgan fingerprint density at radius 3 is 3.00 bits per heavy atom. The van der Waals surface area contributed by atoms with Gasteiger partial charge >= 0.3 is 0 Å². The maximum Gasteiger partial charge on any atom is 0.262 e. The lowest BCUT2D eigenvalue weighted by Gasteiger charge is -2.30. The maximum atomic E-state index is 11.3. The fourth-order valence-electron chi connectivity index (χ4n) is 2.13. The molecule has 1 fully saturated rings. The van der Waals surface area contributed by atoms with E-state index in [1.165, 1.54) is 0 Å². The fourth-order valence-corrected chi connectivity index (χ4v) is 2.13. The number of nitrogen functional groups attached to an aromatic ring is 1. The summed E-state index contributed by atoms with van der Waals surface area (Å²) < 4.78 is 5.31. The predicted octanol–water partition coefficient (Wildman–Crippen LogP) is 1.13. The van der Waals surface area contributed by atoms with Crippen molar-refractivity contribution >= 4 is 23.0 Å². The molecule has 3 N–H and O–H groups in total. The Morgan fingerprint density at radius 1 is 1.33 bits per heavy atom. The van der Waals surface area contributed by atoms with Gasteiger partial charge in [-0.15, -0.1) is 0 Å². The van der Waals surface area contributed by atoms with Crippen LogP contribution in [0.2, 0.25) is 0 Å². The number of rotatable bonds is 1. The zero-order chi connectivity index (χ0) is 12.5. The van der Waals surface area contributed by atoms with Crippen LogP contribution < -0.4 is 20.9 Å². The summed E-state index contributed by atoms with van der Waals surface area (Å²) in [6.45, 7) is 1.53. The molecule has 2 aliphatic rings. The van der Waals surface area contributed by atoms with Crippen LogP contribution in [0.5, 0.6) is 5.75 Å². The minimum absolute atomic E-state index is 0.0337. The molecule has 0 spiro atoms. The largest absolute Gasteiger partial charge is 0.482 e. The third kappa shape index (κ3) is 1.95. The van der Waals surface area contributed by atoms with E-state index in [4.69, 9.17) is 15.3 Å². The number of fused-ring (bicyclic) bond motifs is 1. The van der Waals surface area contributed by atoms with E-state index < -0.39 is 0 Å². The number of nitrogens with one attached hydrogen (secondary N) is 1. The normalized spacial score (nSPS) is 18.9. The van der Waals surface area contributed by atoms with E-state index in [9.17, 15) is 4.79 Å². The Labute approximate surface area is 105 Å². The van der Waals surface area contributed by atoms with E-state index >= 15 is 0 Å². The number of hydrogen-bond acceptors (Lipinski definition) is 5. The van der Waals surface area contributed by atoms with Gasteiger partial charge in [0.05, 0.1) is 23.7 Å². The van der Waals surface area contributed by atoms with Crippen LogP contribution in [0.15, 0.2) is 12.1 Å². The van der Waals surface area contributed by atoms with Crippen LogP contribution in [-0.2, 0) is 9.63 Å². The molecule has 1 saturated heterocycles. The molecule has 0 atom stereocenters.